The Balaban J connectivity index is 0.000000199. The number of phosphoric acid groups is 1. The second-order valence-electron chi connectivity index (χ2n) is 3.55. The predicted molar refractivity (Wildman–Crippen MR) is 70.3 cm³/mol. The first kappa shape index (κ1) is 14.5. The average molecular weight is 266 g/mol. The van der Waals surface area contributed by atoms with E-state index in [9.17, 15) is 4.57 Å². The Morgan fingerprint density at radius 3 is 1.67 bits per heavy atom. The molecule has 0 atom stereocenters. The van der Waals surface area contributed by atoms with Gasteiger partial charge in [0.25, 0.3) is 0 Å². The van der Waals surface area contributed by atoms with Gasteiger partial charge in [-0.2, -0.15) is 0 Å². The van der Waals surface area contributed by atoms with Crippen molar-refractivity contribution in [1.29, 1.82) is 0 Å². The van der Waals surface area contributed by atoms with Gasteiger partial charge in [-0.25, -0.2) is 4.57 Å². The van der Waals surface area contributed by atoms with E-state index in [-0.39, 0.29) is 5.75 Å². The third-order valence-electron chi connectivity index (χ3n) is 1.91. The fourth-order valence-electron chi connectivity index (χ4n) is 1.15. The Bertz CT molecular complexity index is 493. The molecule has 0 saturated heterocycles. The van der Waals surface area contributed by atoms with E-state index in [1.54, 1.807) is 18.2 Å². The van der Waals surface area contributed by atoms with Crippen molar-refractivity contribution in [1.82, 2.24) is 0 Å². The van der Waals surface area contributed by atoms with Crippen molar-refractivity contribution in [3.8, 4) is 5.75 Å². The Labute approximate surface area is 106 Å². The van der Waals surface area contributed by atoms with Gasteiger partial charge in [-0.1, -0.05) is 54.1 Å². The largest absolute Gasteiger partial charge is 0.524 e. The highest BCUT2D eigenvalue weighted by Crippen LogP contribution is 2.36. The number of benzene rings is 2. The third kappa shape index (κ3) is 6.86. The lowest BCUT2D eigenvalue weighted by molar-refractivity contribution is 0.283. The zero-order chi connectivity index (χ0) is 13.4. The summed E-state index contributed by atoms with van der Waals surface area (Å²) in [5.74, 6) is 0.167. The number of para-hydroxylation sites is 1. The first-order valence-electron chi connectivity index (χ1n) is 5.29. The van der Waals surface area contributed by atoms with Gasteiger partial charge in [-0.3, -0.25) is 9.79 Å². The SMILES string of the molecule is Cc1ccccc1.O=P(O)(O)Oc1ccccc1. The summed E-state index contributed by atoms with van der Waals surface area (Å²) in [6.07, 6.45) is 0. The van der Waals surface area contributed by atoms with Crippen LogP contribution in [-0.2, 0) is 4.57 Å². The molecule has 0 amide bonds. The summed E-state index contributed by atoms with van der Waals surface area (Å²) in [6, 6.07) is 18.2. The van der Waals surface area contributed by atoms with Crippen molar-refractivity contribution in [2.45, 2.75) is 6.92 Å². The molecule has 0 aliphatic rings. The topological polar surface area (TPSA) is 66.8 Å². The van der Waals surface area contributed by atoms with Crippen molar-refractivity contribution in [3.05, 3.63) is 66.2 Å². The van der Waals surface area contributed by atoms with E-state index in [4.69, 9.17) is 9.79 Å². The highest BCUT2D eigenvalue weighted by atomic mass is 31.2. The fraction of sp³-hybridized carbons (Fsp3) is 0.0769. The quantitative estimate of drug-likeness (QED) is 0.819. The van der Waals surface area contributed by atoms with Crippen molar-refractivity contribution in [3.63, 3.8) is 0 Å². The van der Waals surface area contributed by atoms with Gasteiger partial charge in [0.2, 0.25) is 0 Å². The van der Waals surface area contributed by atoms with Crippen LogP contribution in [0.5, 0.6) is 5.75 Å². The maximum atomic E-state index is 10.3. The number of phosphoric ester groups is 1. The van der Waals surface area contributed by atoms with Crippen LogP contribution in [0.3, 0.4) is 0 Å². The van der Waals surface area contributed by atoms with E-state index in [1.165, 1.54) is 17.7 Å². The molecular weight excluding hydrogens is 251 g/mol. The minimum Gasteiger partial charge on any atom is -0.404 e. The minimum absolute atomic E-state index is 0.167. The molecule has 2 aromatic carbocycles. The molecule has 2 N–H and O–H groups in total. The van der Waals surface area contributed by atoms with Gasteiger partial charge in [0.1, 0.15) is 5.75 Å². The van der Waals surface area contributed by atoms with Crippen LogP contribution >= 0.6 is 7.82 Å². The van der Waals surface area contributed by atoms with Crippen molar-refractivity contribution >= 4 is 7.82 Å². The summed E-state index contributed by atoms with van der Waals surface area (Å²) < 4.78 is 14.5. The lowest BCUT2D eigenvalue weighted by atomic mass is 10.2. The summed E-state index contributed by atoms with van der Waals surface area (Å²) in [5.41, 5.74) is 1.32. The lowest BCUT2D eigenvalue weighted by Crippen LogP contribution is -1.88. The summed E-state index contributed by atoms with van der Waals surface area (Å²) >= 11 is 0. The minimum atomic E-state index is -4.39. The second kappa shape index (κ2) is 6.97. The highest BCUT2D eigenvalue weighted by Gasteiger charge is 2.14. The van der Waals surface area contributed by atoms with Crippen LogP contribution < -0.4 is 4.52 Å². The summed E-state index contributed by atoms with van der Waals surface area (Å²) in [6.45, 7) is 2.08. The Hall–Kier alpha value is -1.61. The normalized spacial score (nSPS) is 10.2. The molecule has 0 bridgehead atoms. The van der Waals surface area contributed by atoms with Gasteiger partial charge in [0, 0.05) is 0 Å². The zero-order valence-electron chi connectivity index (χ0n) is 9.93. The van der Waals surface area contributed by atoms with Crippen LogP contribution in [0, 0.1) is 6.92 Å². The molecule has 0 spiro atoms. The van der Waals surface area contributed by atoms with Crippen LogP contribution in [-0.4, -0.2) is 9.79 Å². The maximum Gasteiger partial charge on any atom is 0.524 e. The molecule has 0 aliphatic carbocycles. The Morgan fingerprint density at radius 2 is 1.33 bits per heavy atom. The van der Waals surface area contributed by atoms with Crippen molar-refractivity contribution in [2.75, 3.05) is 0 Å². The van der Waals surface area contributed by atoms with Crippen LogP contribution in [0.2, 0.25) is 0 Å². The van der Waals surface area contributed by atoms with E-state index in [1.807, 2.05) is 18.2 Å². The third-order valence-corrected chi connectivity index (χ3v) is 2.36. The number of aryl methyl sites for hydroxylation is 1. The van der Waals surface area contributed by atoms with Gasteiger partial charge in [-0.15, -0.1) is 0 Å². The molecular formula is C13H15O4P. The predicted octanol–water partition coefficient (Wildman–Crippen LogP) is 3.15. The molecule has 0 saturated carbocycles. The number of hydrogen-bond acceptors (Lipinski definition) is 2. The molecule has 2 aromatic rings. The van der Waals surface area contributed by atoms with Gasteiger partial charge in [-0.05, 0) is 19.1 Å². The Morgan fingerprint density at radius 1 is 0.889 bits per heavy atom. The van der Waals surface area contributed by atoms with Crippen LogP contribution in [0.25, 0.3) is 0 Å². The number of rotatable bonds is 2. The standard InChI is InChI=1S/C7H8.C6H7O4P/c1-7-5-3-2-4-6-7;7-11(8,9)10-6-4-2-1-3-5-6/h2-6H,1H3;1-5H,(H2,7,8,9). The fourth-order valence-corrected chi connectivity index (χ4v) is 1.55. The first-order valence-corrected chi connectivity index (χ1v) is 6.82. The molecule has 2 rings (SSSR count). The second-order valence-corrected chi connectivity index (χ2v) is 4.71. The summed E-state index contributed by atoms with van der Waals surface area (Å²) in [4.78, 5) is 16.7. The lowest BCUT2D eigenvalue weighted by Gasteiger charge is -2.04. The van der Waals surface area contributed by atoms with Gasteiger partial charge in [0.05, 0.1) is 0 Å². The van der Waals surface area contributed by atoms with Gasteiger partial charge in [0.15, 0.2) is 0 Å². The molecule has 0 heterocycles. The molecule has 0 radical (unpaired) electrons. The van der Waals surface area contributed by atoms with Crippen LogP contribution in [0.4, 0.5) is 0 Å². The molecule has 0 fully saturated rings. The first-order chi connectivity index (χ1) is 8.47. The molecule has 0 aromatic heterocycles. The molecule has 5 heteroatoms. The molecule has 96 valence electrons. The highest BCUT2D eigenvalue weighted by molar-refractivity contribution is 7.46. The zero-order valence-corrected chi connectivity index (χ0v) is 10.8. The van der Waals surface area contributed by atoms with E-state index in [0.717, 1.165) is 0 Å². The van der Waals surface area contributed by atoms with Crippen LogP contribution in [0.1, 0.15) is 5.56 Å². The summed E-state index contributed by atoms with van der Waals surface area (Å²) in [5, 5.41) is 0. The van der Waals surface area contributed by atoms with Crippen molar-refractivity contribution < 1.29 is 18.9 Å². The molecule has 4 nitrogen and oxygen atoms in total. The van der Waals surface area contributed by atoms with Crippen LogP contribution in [0.15, 0.2) is 60.7 Å². The average Bonchev–Trinajstić information content (AvgIpc) is 2.30. The van der Waals surface area contributed by atoms with Crippen molar-refractivity contribution in [2.24, 2.45) is 0 Å². The smallest absolute Gasteiger partial charge is 0.404 e. The van der Waals surface area contributed by atoms with Gasteiger partial charge >= 0.3 is 7.82 Å². The Kier molecular flexibility index (Phi) is 5.59. The van der Waals surface area contributed by atoms with Gasteiger partial charge < -0.3 is 4.52 Å². The van der Waals surface area contributed by atoms with E-state index < -0.39 is 7.82 Å². The van der Waals surface area contributed by atoms with E-state index in [2.05, 4.69) is 23.6 Å². The number of hydrogen-bond donors (Lipinski definition) is 2. The molecule has 0 unspecified atom stereocenters. The summed E-state index contributed by atoms with van der Waals surface area (Å²) in [7, 11) is -4.39. The molecule has 0 aliphatic heterocycles. The molecule has 18 heavy (non-hydrogen) atoms. The van der Waals surface area contributed by atoms with E-state index >= 15 is 0 Å². The monoisotopic (exact) mass is 266 g/mol. The van der Waals surface area contributed by atoms with E-state index in [0.29, 0.717) is 0 Å². The maximum absolute atomic E-state index is 10.3.